The molecule has 3 rings (SSSR count). The van der Waals surface area contributed by atoms with E-state index in [4.69, 9.17) is 4.98 Å². The summed E-state index contributed by atoms with van der Waals surface area (Å²) in [5.74, 6) is 0.915. The van der Waals surface area contributed by atoms with Gasteiger partial charge in [0.1, 0.15) is 5.01 Å². The molecule has 0 amide bonds. The minimum absolute atomic E-state index is 0.740. The molecule has 1 saturated carbocycles. The maximum absolute atomic E-state index is 4.71. The molecular weight excluding hydrogens is 252 g/mol. The van der Waals surface area contributed by atoms with Gasteiger partial charge in [0.05, 0.1) is 5.69 Å². The highest BCUT2D eigenvalue weighted by atomic mass is 32.1. The Balaban J connectivity index is 1.55. The van der Waals surface area contributed by atoms with Crippen molar-refractivity contribution in [3.05, 3.63) is 40.7 Å². The van der Waals surface area contributed by atoms with Crippen LogP contribution in [0.2, 0.25) is 0 Å². The Morgan fingerprint density at radius 3 is 2.95 bits per heavy atom. The number of nitrogens with zero attached hydrogens (tertiary/aromatic N) is 1. The van der Waals surface area contributed by atoms with Gasteiger partial charge in [-0.1, -0.05) is 43.7 Å². The van der Waals surface area contributed by atoms with Gasteiger partial charge in [-0.3, -0.25) is 0 Å². The van der Waals surface area contributed by atoms with Gasteiger partial charge in [-0.25, -0.2) is 4.98 Å². The first-order valence-electron chi connectivity index (χ1n) is 7.10. The molecule has 0 radical (unpaired) electrons. The van der Waals surface area contributed by atoms with Crippen molar-refractivity contribution in [3.63, 3.8) is 0 Å². The second kappa shape index (κ2) is 5.85. The lowest BCUT2D eigenvalue weighted by atomic mass is 10.2. The zero-order valence-corrected chi connectivity index (χ0v) is 12.1. The van der Waals surface area contributed by atoms with Crippen LogP contribution < -0.4 is 5.32 Å². The maximum Gasteiger partial charge on any atom is 0.107 e. The summed E-state index contributed by atoms with van der Waals surface area (Å²) in [4.78, 5) is 4.71. The number of rotatable bonds is 6. The predicted octanol–water partition coefficient (Wildman–Crippen LogP) is 4.09. The van der Waals surface area contributed by atoms with E-state index >= 15 is 0 Å². The molecule has 1 N–H and O–H groups in total. The number of aromatic nitrogens is 1. The summed E-state index contributed by atoms with van der Waals surface area (Å²) in [5.41, 5.74) is 2.31. The summed E-state index contributed by atoms with van der Waals surface area (Å²) in [6.07, 6.45) is 4.02. The van der Waals surface area contributed by atoms with Crippen LogP contribution in [0.15, 0.2) is 35.7 Å². The molecule has 2 aromatic rings. The number of thiazole rings is 1. The molecular formula is C16H20N2S. The molecule has 0 saturated heterocycles. The van der Waals surface area contributed by atoms with Gasteiger partial charge in [-0.15, -0.1) is 11.3 Å². The molecule has 2 atom stereocenters. The van der Waals surface area contributed by atoms with Crippen molar-refractivity contribution in [1.29, 1.82) is 0 Å². The van der Waals surface area contributed by atoms with Crippen LogP contribution in [-0.2, 0) is 6.54 Å². The number of benzene rings is 1. The van der Waals surface area contributed by atoms with Gasteiger partial charge >= 0.3 is 0 Å². The predicted molar refractivity (Wildman–Crippen MR) is 81.2 cm³/mol. The van der Waals surface area contributed by atoms with Crippen LogP contribution >= 0.6 is 11.3 Å². The topological polar surface area (TPSA) is 24.9 Å². The van der Waals surface area contributed by atoms with Gasteiger partial charge < -0.3 is 5.32 Å². The van der Waals surface area contributed by atoms with E-state index in [2.05, 4.69) is 41.9 Å². The third-order valence-electron chi connectivity index (χ3n) is 3.72. The first-order chi connectivity index (χ1) is 9.36. The summed E-state index contributed by atoms with van der Waals surface area (Å²) in [5, 5.41) is 6.97. The number of hydrogen-bond donors (Lipinski definition) is 1. The molecule has 0 aliphatic heterocycles. The average molecular weight is 272 g/mol. The van der Waals surface area contributed by atoms with Crippen LogP contribution in [0, 0.1) is 5.92 Å². The molecule has 2 unspecified atom stereocenters. The molecule has 3 heteroatoms. The molecule has 1 aliphatic carbocycles. The summed E-state index contributed by atoms with van der Waals surface area (Å²) >= 11 is 1.76. The molecule has 1 fully saturated rings. The van der Waals surface area contributed by atoms with Gasteiger partial charge in [-0.05, 0) is 18.8 Å². The first kappa shape index (κ1) is 12.8. The van der Waals surface area contributed by atoms with Crippen LogP contribution in [0.25, 0.3) is 11.3 Å². The van der Waals surface area contributed by atoms with E-state index in [9.17, 15) is 0 Å². The quantitative estimate of drug-likeness (QED) is 0.856. The van der Waals surface area contributed by atoms with Crippen molar-refractivity contribution in [2.24, 2.45) is 5.92 Å². The zero-order valence-electron chi connectivity index (χ0n) is 11.3. The Morgan fingerprint density at radius 1 is 1.32 bits per heavy atom. The van der Waals surface area contributed by atoms with E-state index in [-0.39, 0.29) is 0 Å². The lowest BCUT2D eigenvalue weighted by Gasteiger charge is -2.00. The molecule has 1 aromatic heterocycles. The Labute approximate surface area is 118 Å². The minimum atomic E-state index is 0.740. The summed E-state index contributed by atoms with van der Waals surface area (Å²) in [7, 11) is 0. The maximum atomic E-state index is 4.71. The third kappa shape index (κ3) is 3.23. The highest BCUT2D eigenvalue weighted by molar-refractivity contribution is 7.09. The molecule has 1 aliphatic rings. The fourth-order valence-electron chi connectivity index (χ4n) is 2.54. The normalized spacial score (nSPS) is 21.5. The minimum Gasteiger partial charge on any atom is -0.307 e. The standard InChI is InChI=1S/C16H20N2S/c1-2-6-13-9-14(13)17-10-16-18-15(11-19-16)12-7-4-3-5-8-12/h3-5,7-8,11,13-14,17H,2,6,9-10H2,1H3. The lowest BCUT2D eigenvalue weighted by molar-refractivity contribution is 0.598. The van der Waals surface area contributed by atoms with E-state index < -0.39 is 0 Å². The molecule has 1 aromatic carbocycles. The molecule has 0 bridgehead atoms. The fraction of sp³-hybridized carbons (Fsp3) is 0.438. The average Bonchev–Trinajstić information content (AvgIpc) is 3.02. The van der Waals surface area contributed by atoms with Crippen LogP contribution in [0.1, 0.15) is 31.2 Å². The van der Waals surface area contributed by atoms with E-state index in [1.54, 1.807) is 11.3 Å². The smallest absolute Gasteiger partial charge is 0.107 e. The van der Waals surface area contributed by atoms with Gasteiger partial charge in [0, 0.05) is 23.5 Å². The zero-order chi connectivity index (χ0) is 13.1. The van der Waals surface area contributed by atoms with E-state index in [0.717, 1.165) is 24.2 Å². The van der Waals surface area contributed by atoms with Crippen molar-refractivity contribution < 1.29 is 0 Å². The largest absolute Gasteiger partial charge is 0.307 e. The van der Waals surface area contributed by atoms with Crippen LogP contribution in [-0.4, -0.2) is 11.0 Å². The first-order valence-corrected chi connectivity index (χ1v) is 7.98. The van der Waals surface area contributed by atoms with Crippen molar-refractivity contribution in [2.75, 3.05) is 0 Å². The van der Waals surface area contributed by atoms with Crippen molar-refractivity contribution in [3.8, 4) is 11.3 Å². The van der Waals surface area contributed by atoms with Crippen LogP contribution in [0.4, 0.5) is 0 Å². The molecule has 2 nitrogen and oxygen atoms in total. The van der Waals surface area contributed by atoms with Crippen molar-refractivity contribution in [2.45, 2.75) is 38.8 Å². The molecule has 1 heterocycles. The summed E-state index contributed by atoms with van der Waals surface area (Å²) in [6, 6.07) is 11.1. The second-order valence-corrected chi connectivity index (χ2v) is 6.21. The Bertz CT molecular complexity index is 521. The fourth-order valence-corrected chi connectivity index (χ4v) is 3.29. The monoisotopic (exact) mass is 272 g/mol. The summed E-state index contributed by atoms with van der Waals surface area (Å²) in [6.45, 7) is 3.19. The highest BCUT2D eigenvalue weighted by Crippen LogP contribution is 2.34. The van der Waals surface area contributed by atoms with Crippen LogP contribution in [0.5, 0.6) is 0 Å². The third-order valence-corrected chi connectivity index (χ3v) is 4.57. The number of nitrogens with one attached hydrogen (secondary N) is 1. The van der Waals surface area contributed by atoms with E-state index in [1.165, 1.54) is 29.8 Å². The molecule has 100 valence electrons. The molecule has 19 heavy (non-hydrogen) atoms. The highest BCUT2D eigenvalue weighted by Gasteiger charge is 2.35. The second-order valence-electron chi connectivity index (χ2n) is 5.26. The Hall–Kier alpha value is -1.19. The lowest BCUT2D eigenvalue weighted by Crippen LogP contribution is -2.17. The van der Waals surface area contributed by atoms with Gasteiger partial charge in [0.2, 0.25) is 0 Å². The van der Waals surface area contributed by atoms with Gasteiger partial charge in [-0.2, -0.15) is 0 Å². The van der Waals surface area contributed by atoms with E-state index in [1.807, 2.05) is 6.07 Å². The van der Waals surface area contributed by atoms with Crippen molar-refractivity contribution >= 4 is 11.3 Å². The van der Waals surface area contributed by atoms with Gasteiger partial charge in [0.25, 0.3) is 0 Å². The number of hydrogen-bond acceptors (Lipinski definition) is 3. The summed E-state index contributed by atoms with van der Waals surface area (Å²) < 4.78 is 0. The molecule has 0 spiro atoms. The van der Waals surface area contributed by atoms with E-state index in [0.29, 0.717) is 0 Å². The SMILES string of the molecule is CCCC1CC1NCc1nc(-c2ccccc2)cs1. The van der Waals surface area contributed by atoms with Crippen molar-refractivity contribution in [1.82, 2.24) is 10.3 Å². The Kier molecular flexibility index (Phi) is 3.95. The van der Waals surface area contributed by atoms with Gasteiger partial charge in [0.15, 0.2) is 0 Å². The van der Waals surface area contributed by atoms with Crippen LogP contribution in [0.3, 0.4) is 0 Å². The Morgan fingerprint density at radius 2 is 2.16 bits per heavy atom.